The quantitative estimate of drug-likeness (QED) is 0.687. The molecule has 0 radical (unpaired) electrons. The van der Waals surface area contributed by atoms with Crippen LogP contribution in [-0.4, -0.2) is 12.4 Å². The van der Waals surface area contributed by atoms with E-state index in [1.807, 2.05) is 6.92 Å². The molecule has 0 aliphatic rings. The van der Waals surface area contributed by atoms with Crippen LogP contribution >= 0.6 is 0 Å². The number of nitrogens with two attached hydrogens (primary N) is 1. The summed E-state index contributed by atoms with van der Waals surface area (Å²) in [6, 6.07) is 10.1. The number of ether oxygens (including phenoxy) is 1. The van der Waals surface area contributed by atoms with Crippen molar-refractivity contribution in [2.45, 2.75) is 6.92 Å². The Balaban J connectivity index is 2.31. The Morgan fingerprint density at radius 3 is 2.70 bits per heavy atom. The molecule has 0 heterocycles. The summed E-state index contributed by atoms with van der Waals surface area (Å²) in [5.74, 6) is -0.762. The normalized spacial score (nSPS) is 11.4. The Morgan fingerprint density at radius 1 is 1.20 bits per heavy atom. The number of hydrogen-bond acceptors (Lipinski definition) is 2. The monoisotopic (exact) mass is 276 g/mol. The molecule has 20 heavy (non-hydrogen) atoms. The Bertz CT molecular complexity index is 642. The van der Waals surface area contributed by atoms with Crippen LogP contribution in [0.15, 0.2) is 47.5 Å². The van der Waals surface area contributed by atoms with Crippen molar-refractivity contribution in [2.24, 2.45) is 10.7 Å². The molecule has 0 atom stereocenters. The molecule has 0 amide bonds. The molecule has 0 saturated carbocycles. The summed E-state index contributed by atoms with van der Waals surface area (Å²) in [5, 5.41) is 0. The molecule has 104 valence electrons. The van der Waals surface area contributed by atoms with Crippen LogP contribution in [0.5, 0.6) is 5.75 Å². The predicted molar refractivity (Wildman–Crippen MR) is 74.4 cm³/mol. The lowest BCUT2D eigenvalue weighted by atomic mass is 10.2. The number of halogens is 2. The van der Waals surface area contributed by atoms with Crippen LogP contribution in [0.2, 0.25) is 0 Å². The van der Waals surface area contributed by atoms with Gasteiger partial charge < -0.3 is 10.5 Å². The summed E-state index contributed by atoms with van der Waals surface area (Å²) < 4.78 is 31.8. The highest BCUT2D eigenvalue weighted by Crippen LogP contribution is 2.21. The molecular formula is C15H14F2N2O. The van der Waals surface area contributed by atoms with Gasteiger partial charge in [0.15, 0.2) is 0 Å². The molecule has 2 aromatic rings. The summed E-state index contributed by atoms with van der Waals surface area (Å²) in [5.41, 5.74) is 6.35. The molecule has 0 fully saturated rings. The van der Waals surface area contributed by atoms with Crippen LogP contribution in [0.4, 0.5) is 14.5 Å². The van der Waals surface area contributed by atoms with Gasteiger partial charge in [0.1, 0.15) is 23.2 Å². The second-order valence-corrected chi connectivity index (χ2v) is 4.05. The third-order valence-corrected chi connectivity index (χ3v) is 2.59. The molecule has 0 aliphatic carbocycles. The number of hydrogen-bond donors (Lipinski definition) is 1. The molecular weight excluding hydrogens is 262 g/mol. The van der Waals surface area contributed by atoms with E-state index in [0.717, 1.165) is 12.1 Å². The number of rotatable bonds is 4. The van der Waals surface area contributed by atoms with Crippen molar-refractivity contribution in [3.05, 3.63) is 59.7 Å². The summed E-state index contributed by atoms with van der Waals surface area (Å²) in [7, 11) is 0. The van der Waals surface area contributed by atoms with Crippen molar-refractivity contribution in [1.29, 1.82) is 0 Å². The van der Waals surface area contributed by atoms with Crippen molar-refractivity contribution >= 4 is 11.5 Å². The Kier molecular flexibility index (Phi) is 4.30. The van der Waals surface area contributed by atoms with Crippen LogP contribution in [0.3, 0.4) is 0 Å². The van der Waals surface area contributed by atoms with Crippen LogP contribution in [0.25, 0.3) is 0 Å². The zero-order chi connectivity index (χ0) is 14.5. The van der Waals surface area contributed by atoms with Crippen molar-refractivity contribution in [3.63, 3.8) is 0 Å². The Hall–Kier alpha value is -2.43. The van der Waals surface area contributed by atoms with Crippen LogP contribution < -0.4 is 10.5 Å². The first-order valence-corrected chi connectivity index (χ1v) is 6.12. The first kappa shape index (κ1) is 14.0. The first-order valence-electron chi connectivity index (χ1n) is 6.12. The van der Waals surface area contributed by atoms with E-state index < -0.39 is 11.6 Å². The molecule has 0 unspecified atom stereocenters. The number of benzene rings is 2. The van der Waals surface area contributed by atoms with Gasteiger partial charge in [-0.05, 0) is 31.2 Å². The lowest BCUT2D eigenvalue weighted by molar-refractivity contribution is 0.340. The van der Waals surface area contributed by atoms with Gasteiger partial charge in [0.2, 0.25) is 0 Å². The molecule has 0 bridgehead atoms. The maximum absolute atomic E-state index is 13.6. The molecule has 0 aliphatic heterocycles. The average molecular weight is 276 g/mol. The molecule has 3 nitrogen and oxygen atoms in total. The van der Waals surface area contributed by atoms with Gasteiger partial charge in [0.25, 0.3) is 0 Å². The van der Waals surface area contributed by atoms with E-state index in [2.05, 4.69) is 4.99 Å². The lowest BCUT2D eigenvalue weighted by Crippen LogP contribution is -2.14. The van der Waals surface area contributed by atoms with Crippen LogP contribution in [0.1, 0.15) is 12.5 Å². The van der Waals surface area contributed by atoms with Gasteiger partial charge in [-0.1, -0.05) is 6.07 Å². The fraction of sp³-hybridized carbons (Fsp3) is 0.133. The van der Waals surface area contributed by atoms with Crippen LogP contribution in [0, 0.1) is 11.6 Å². The SMILES string of the molecule is CCOc1cccc(N=C(N)c2ccc(F)cc2F)c1. The number of nitrogens with zero attached hydrogens (tertiary/aromatic N) is 1. The Labute approximate surface area is 115 Å². The zero-order valence-corrected chi connectivity index (χ0v) is 10.9. The highest BCUT2D eigenvalue weighted by atomic mass is 19.1. The highest BCUT2D eigenvalue weighted by Gasteiger charge is 2.07. The minimum atomic E-state index is -0.743. The molecule has 5 heteroatoms. The molecule has 0 spiro atoms. The second kappa shape index (κ2) is 6.14. The number of aliphatic imine (C=N–C) groups is 1. The fourth-order valence-corrected chi connectivity index (χ4v) is 1.71. The highest BCUT2D eigenvalue weighted by molar-refractivity contribution is 5.99. The summed E-state index contributed by atoms with van der Waals surface area (Å²) in [6.45, 7) is 2.41. The number of amidine groups is 1. The van der Waals surface area contributed by atoms with Gasteiger partial charge in [-0.25, -0.2) is 13.8 Å². The molecule has 0 saturated heterocycles. The fourth-order valence-electron chi connectivity index (χ4n) is 1.71. The maximum atomic E-state index is 13.6. The third-order valence-electron chi connectivity index (χ3n) is 2.59. The van der Waals surface area contributed by atoms with Gasteiger partial charge in [-0.2, -0.15) is 0 Å². The van der Waals surface area contributed by atoms with E-state index in [1.165, 1.54) is 6.07 Å². The van der Waals surface area contributed by atoms with Gasteiger partial charge in [-0.15, -0.1) is 0 Å². The van der Waals surface area contributed by atoms with Crippen molar-refractivity contribution in [1.82, 2.24) is 0 Å². The van der Waals surface area contributed by atoms with Gasteiger partial charge in [0.05, 0.1) is 17.9 Å². The molecule has 2 N–H and O–H groups in total. The van der Waals surface area contributed by atoms with Gasteiger partial charge >= 0.3 is 0 Å². The minimum Gasteiger partial charge on any atom is -0.494 e. The maximum Gasteiger partial charge on any atom is 0.137 e. The molecule has 0 aromatic heterocycles. The summed E-state index contributed by atoms with van der Waals surface area (Å²) in [6.07, 6.45) is 0. The Morgan fingerprint density at radius 2 is 2.00 bits per heavy atom. The van der Waals surface area contributed by atoms with E-state index in [4.69, 9.17) is 10.5 Å². The lowest BCUT2D eigenvalue weighted by Gasteiger charge is -2.05. The zero-order valence-electron chi connectivity index (χ0n) is 10.9. The van der Waals surface area contributed by atoms with Crippen molar-refractivity contribution in [3.8, 4) is 5.75 Å². The minimum absolute atomic E-state index is 0.0175. The van der Waals surface area contributed by atoms with E-state index in [-0.39, 0.29) is 11.4 Å². The molecule has 2 rings (SSSR count). The first-order chi connectivity index (χ1) is 9.60. The second-order valence-electron chi connectivity index (χ2n) is 4.05. The van der Waals surface area contributed by atoms with E-state index in [0.29, 0.717) is 18.0 Å². The third kappa shape index (κ3) is 3.32. The van der Waals surface area contributed by atoms with E-state index in [9.17, 15) is 8.78 Å². The summed E-state index contributed by atoms with van der Waals surface area (Å²) >= 11 is 0. The largest absolute Gasteiger partial charge is 0.494 e. The van der Waals surface area contributed by atoms with Crippen molar-refractivity contribution < 1.29 is 13.5 Å². The predicted octanol–water partition coefficient (Wildman–Crippen LogP) is 3.40. The average Bonchev–Trinajstić information content (AvgIpc) is 2.39. The van der Waals surface area contributed by atoms with E-state index >= 15 is 0 Å². The van der Waals surface area contributed by atoms with Gasteiger partial charge in [-0.3, -0.25) is 0 Å². The van der Waals surface area contributed by atoms with Crippen LogP contribution in [-0.2, 0) is 0 Å². The van der Waals surface area contributed by atoms with Gasteiger partial charge in [0, 0.05) is 12.1 Å². The standard InChI is InChI=1S/C15H14F2N2O/c1-2-20-12-5-3-4-11(9-12)19-15(18)13-7-6-10(16)8-14(13)17/h3-9H,2H2,1H3,(H2,18,19). The van der Waals surface area contributed by atoms with E-state index in [1.54, 1.807) is 24.3 Å². The summed E-state index contributed by atoms with van der Waals surface area (Å²) in [4.78, 5) is 4.11. The topological polar surface area (TPSA) is 47.6 Å². The van der Waals surface area contributed by atoms with Crippen molar-refractivity contribution in [2.75, 3.05) is 6.61 Å². The molecule has 2 aromatic carbocycles. The smallest absolute Gasteiger partial charge is 0.137 e.